The Bertz CT molecular complexity index is 1100. The number of hydrogen-bond acceptors (Lipinski definition) is 9. The van der Waals surface area contributed by atoms with E-state index in [9.17, 15) is 24.3 Å². The quantitative estimate of drug-likeness (QED) is 0.388. The van der Waals surface area contributed by atoms with Crippen molar-refractivity contribution in [3.8, 4) is 11.5 Å². The summed E-state index contributed by atoms with van der Waals surface area (Å²) in [5.74, 6) is -3.00. The van der Waals surface area contributed by atoms with Gasteiger partial charge in [0.25, 0.3) is 5.91 Å². The third-order valence-electron chi connectivity index (χ3n) is 5.87. The molecular weight excluding hydrogens is 484 g/mol. The number of carbonyl (C=O) groups excluding carboxylic acids is 4. The lowest BCUT2D eigenvalue weighted by Crippen LogP contribution is -2.45. The SMILES string of the molecule is CC(=O)NNC(=O)c1cc(OCCOC2CCCCO2)c2c(c1Cl)O[C@]1(CCC(=O)C=C1O)C2=O. The van der Waals surface area contributed by atoms with E-state index in [1.807, 2.05) is 0 Å². The minimum Gasteiger partial charge on any atom is -0.507 e. The molecule has 2 atom stereocenters. The topological polar surface area (TPSA) is 149 Å². The normalized spacial score (nSPS) is 23.4. The van der Waals surface area contributed by atoms with E-state index in [1.165, 1.54) is 13.0 Å². The minimum absolute atomic E-state index is 0.0152. The van der Waals surface area contributed by atoms with Crippen molar-refractivity contribution in [3.05, 3.63) is 34.1 Å². The average molecular weight is 509 g/mol. The number of aliphatic hydroxyl groups excluding tert-OH is 1. The largest absolute Gasteiger partial charge is 0.507 e. The molecule has 0 radical (unpaired) electrons. The number of rotatable bonds is 6. The number of nitrogens with one attached hydrogen (secondary N) is 2. The third kappa shape index (κ3) is 4.97. The summed E-state index contributed by atoms with van der Waals surface area (Å²) in [5.41, 5.74) is 2.33. The molecule has 188 valence electrons. The fraction of sp³-hybridized carbons (Fsp3) is 0.478. The van der Waals surface area contributed by atoms with Gasteiger partial charge in [-0.2, -0.15) is 0 Å². The van der Waals surface area contributed by atoms with Gasteiger partial charge in [-0.3, -0.25) is 30.0 Å². The highest BCUT2D eigenvalue weighted by Gasteiger charge is 2.55. The summed E-state index contributed by atoms with van der Waals surface area (Å²) in [6.07, 6.45) is 3.23. The number of hydrogen-bond donors (Lipinski definition) is 3. The van der Waals surface area contributed by atoms with Gasteiger partial charge in [0.2, 0.25) is 17.3 Å². The van der Waals surface area contributed by atoms with Gasteiger partial charge in [0.15, 0.2) is 17.8 Å². The van der Waals surface area contributed by atoms with Crippen LogP contribution in [0.2, 0.25) is 5.02 Å². The Balaban J connectivity index is 1.62. The van der Waals surface area contributed by atoms with Gasteiger partial charge in [0.05, 0.1) is 17.2 Å². The van der Waals surface area contributed by atoms with Gasteiger partial charge in [0, 0.05) is 32.4 Å². The van der Waals surface area contributed by atoms with E-state index in [0.29, 0.717) is 6.61 Å². The molecule has 0 saturated carbocycles. The average Bonchev–Trinajstić information content (AvgIpc) is 3.13. The van der Waals surface area contributed by atoms with E-state index in [-0.39, 0.29) is 65.8 Å². The Labute approximate surface area is 205 Å². The molecule has 4 rings (SSSR count). The van der Waals surface area contributed by atoms with Gasteiger partial charge in [0.1, 0.15) is 23.7 Å². The molecule has 2 aliphatic heterocycles. The van der Waals surface area contributed by atoms with Crippen molar-refractivity contribution >= 4 is 35.0 Å². The van der Waals surface area contributed by atoms with Crippen molar-refractivity contribution < 1.29 is 43.2 Å². The molecule has 3 N–H and O–H groups in total. The van der Waals surface area contributed by atoms with Crippen LogP contribution in [0.5, 0.6) is 11.5 Å². The van der Waals surface area contributed by atoms with Crippen LogP contribution in [0.3, 0.4) is 0 Å². The van der Waals surface area contributed by atoms with Crippen LogP contribution in [0, 0.1) is 0 Å². The maximum Gasteiger partial charge on any atom is 0.271 e. The van der Waals surface area contributed by atoms with E-state index >= 15 is 0 Å². The first-order valence-corrected chi connectivity index (χ1v) is 11.6. The molecule has 11 nitrogen and oxygen atoms in total. The molecule has 3 aliphatic rings. The minimum atomic E-state index is -1.84. The number of benzene rings is 1. The van der Waals surface area contributed by atoms with Crippen molar-refractivity contribution in [2.75, 3.05) is 19.8 Å². The number of ether oxygens (including phenoxy) is 4. The summed E-state index contributed by atoms with van der Waals surface area (Å²) < 4.78 is 22.8. The van der Waals surface area contributed by atoms with Gasteiger partial charge in [-0.05, 0) is 25.3 Å². The smallest absolute Gasteiger partial charge is 0.271 e. The van der Waals surface area contributed by atoms with Gasteiger partial charge < -0.3 is 24.1 Å². The molecule has 1 fully saturated rings. The molecular formula is C23H25ClN2O9. The van der Waals surface area contributed by atoms with Crippen LogP contribution in [-0.2, 0) is 19.1 Å². The van der Waals surface area contributed by atoms with Gasteiger partial charge in [-0.15, -0.1) is 0 Å². The first-order valence-electron chi connectivity index (χ1n) is 11.2. The van der Waals surface area contributed by atoms with Crippen molar-refractivity contribution in [1.29, 1.82) is 0 Å². The van der Waals surface area contributed by atoms with Crippen molar-refractivity contribution in [3.63, 3.8) is 0 Å². The summed E-state index contributed by atoms with van der Waals surface area (Å²) in [5, 5.41) is 10.3. The number of hydrazine groups is 1. The molecule has 1 spiro atoms. The number of halogens is 1. The summed E-state index contributed by atoms with van der Waals surface area (Å²) in [6.45, 7) is 1.99. The van der Waals surface area contributed by atoms with E-state index in [4.69, 9.17) is 30.5 Å². The predicted molar refractivity (Wildman–Crippen MR) is 120 cm³/mol. The zero-order valence-electron chi connectivity index (χ0n) is 19.0. The number of fused-ring (bicyclic) bond motifs is 1. The van der Waals surface area contributed by atoms with Crippen LogP contribution in [0.1, 0.15) is 59.7 Å². The number of amides is 2. The second-order valence-electron chi connectivity index (χ2n) is 8.35. The summed E-state index contributed by atoms with van der Waals surface area (Å²) in [6, 6.07) is 1.25. The Morgan fingerprint density at radius 2 is 2.06 bits per heavy atom. The Hall–Kier alpha value is -3.15. The second kappa shape index (κ2) is 10.2. The van der Waals surface area contributed by atoms with Crippen molar-refractivity contribution in [2.24, 2.45) is 0 Å². The Morgan fingerprint density at radius 1 is 1.26 bits per heavy atom. The zero-order chi connectivity index (χ0) is 25.2. The summed E-state index contributed by atoms with van der Waals surface area (Å²) >= 11 is 6.43. The number of Topliss-reactive ketones (excluding diaryl/α,β-unsaturated/α-hetero) is 1. The lowest BCUT2D eigenvalue weighted by atomic mass is 9.83. The first kappa shape index (κ1) is 25.0. The molecule has 2 heterocycles. The molecule has 1 aliphatic carbocycles. The Morgan fingerprint density at radius 3 is 2.74 bits per heavy atom. The monoisotopic (exact) mass is 508 g/mol. The van der Waals surface area contributed by atoms with Crippen LogP contribution >= 0.6 is 11.6 Å². The van der Waals surface area contributed by atoms with Crippen LogP contribution in [0.25, 0.3) is 0 Å². The molecule has 0 bridgehead atoms. The van der Waals surface area contributed by atoms with Gasteiger partial charge in [-0.25, -0.2) is 0 Å². The molecule has 2 amide bonds. The second-order valence-corrected chi connectivity index (χ2v) is 8.72. The highest BCUT2D eigenvalue weighted by atomic mass is 35.5. The zero-order valence-corrected chi connectivity index (χ0v) is 19.7. The molecule has 1 saturated heterocycles. The maximum absolute atomic E-state index is 13.5. The highest BCUT2D eigenvalue weighted by molar-refractivity contribution is 6.37. The van der Waals surface area contributed by atoms with Crippen LogP contribution in [0.15, 0.2) is 17.9 Å². The maximum atomic E-state index is 13.5. The summed E-state index contributed by atoms with van der Waals surface area (Å²) in [4.78, 5) is 49.0. The number of aliphatic hydroxyl groups is 1. The fourth-order valence-electron chi connectivity index (χ4n) is 4.11. The lowest BCUT2D eigenvalue weighted by molar-refractivity contribution is -0.165. The van der Waals surface area contributed by atoms with E-state index in [0.717, 1.165) is 25.3 Å². The Kier molecular flexibility index (Phi) is 7.29. The third-order valence-corrected chi connectivity index (χ3v) is 6.24. The van der Waals surface area contributed by atoms with Gasteiger partial charge in [-0.1, -0.05) is 11.6 Å². The van der Waals surface area contributed by atoms with E-state index in [2.05, 4.69) is 10.9 Å². The summed E-state index contributed by atoms with van der Waals surface area (Å²) in [7, 11) is 0. The predicted octanol–water partition coefficient (Wildman–Crippen LogP) is 2.16. The van der Waals surface area contributed by atoms with E-state index < -0.39 is 29.0 Å². The van der Waals surface area contributed by atoms with Crippen LogP contribution in [-0.4, -0.2) is 60.2 Å². The molecule has 12 heteroatoms. The molecule has 1 aromatic rings. The fourth-order valence-corrected chi connectivity index (χ4v) is 4.38. The lowest BCUT2D eigenvalue weighted by Gasteiger charge is -2.28. The molecule has 1 unspecified atom stereocenters. The van der Waals surface area contributed by atoms with Crippen molar-refractivity contribution in [2.45, 2.75) is 50.9 Å². The van der Waals surface area contributed by atoms with Gasteiger partial charge >= 0.3 is 0 Å². The standard InChI is InChI=1S/C23H25ClN2O9/c1-12(27)25-26-22(31)14-11-15(32-8-9-34-17-4-2-3-7-33-17)18-20(19(14)24)35-23(21(18)30)6-5-13(28)10-16(23)29/h10-11,17,29H,2-9H2,1H3,(H,25,27)(H,26,31)/t17?,23-/m0/s1. The first-order chi connectivity index (χ1) is 16.7. The number of carbonyl (C=O) groups is 4. The van der Waals surface area contributed by atoms with Crippen LogP contribution in [0.4, 0.5) is 0 Å². The van der Waals surface area contributed by atoms with Crippen LogP contribution < -0.4 is 20.3 Å². The number of allylic oxidation sites excluding steroid dienone is 1. The highest BCUT2D eigenvalue weighted by Crippen LogP contribution is 2.50. The van der Waals surface area contributed by atoms with E-state index in [1.54, 1.807) is 0 Å². The molecule has 0 aromatic heterocycles. The molecule has 35 heavy (non-hydrogen) atoms. The molecule has 1 aromatic carbocycles. The van der Waals surface area contributed by atoms with Crippen molar-refractivity contribution in [1.82, 2.24) is 10.9 Å². The number of ketones is 2.